The lowest BCUT2D eigenvalue weighted by molar-refractivity contribution is -0.124. The fraction of sp³-hybridized carbons (Fsp3) is 0.480. The maximum atomic E-state index is 11.1. The van der Waals surface area contributed by atoms with E-state index in [1.165, 1.54) is 11.1 Å². The molecule has 0 bridgehead atoms. The Morgan fingerprint density at radius 3 is 2.76 bits per heavy atom. The van der Waals surface area contributed by atoms with Gasteiger partial charge in [-0.05, 0) is 78.3 Å². The van der Waals surface area contributed by atoms with Gasteiger partial charge in [0.2, 0.25) is 11.7 Å². The van der Waals surface area contributed by atoms with Crippen molar-refractivity contribution in [2.24, 2.45) is 5.41 Å². The maximum Gasteiger partial charge on any atom is 0.268 e. The molecule has 1 unspecified atom stereocenters. The van der Waals surface area contributed by atoms with Crippen molar-refractivity contribution in [3.8, 4) is 27.9 Å². The number of aliphatic hydroxyl groups excluding tert-OH is 2. The Kier molecular flexibility index (Phi) is 7.06. The number of carbonyl (C=O) groups excluding carboxylic acids is 1. The SMILES string of the molecule is Cc1cc(-c2noc(-c3scc4c3CCC(C)(C)C4)n2)cc(C)c1OCC(O)CNC(=O)CO. The summed E-state index contributed by atoms with van der Waals surface area (Å²) >= 11 is 1.67. The average Bonchev–Trinajstić information content (AvgIpc) is 3.42. The van der Waals surface area contributed by atoms with Crippen LogP contribution in [0.25, 0.3) is 22.2 Å². The van der Waals surface area contributed by atoms with E-state index < -0.39 is 18.6 Å². The minimum Gasteiger partial charge on any atom is -0.490 e. The number of aliphatic hydroxyl groups is 2. The Hall–Kier alpha value is -2.75. The highest BCUT2D eigenvalue weighted by Crippen LogP contribution is 2.42. The summed E-state index contributed by atoms with van der Waals surface area (Å²) in [4.78, 5) is 16.9. The number of nitrogens with one attached hydrogen (secondary N) is 1. The minimum absolute atomic E-state index is 0.00509. The van der Waals surface area contributed by atoms with E-state index >= 15 is 0 Å². The Bertz CT molecular complexity index is 1160. The van der Waals surface area contributed by atoms with Crippen LogP contribution in [0.4, 0.5) is 0 Å². The molecule has 1 aliphatic carbocycles. The molecule has 3 N–H and O–H groups in total. The van der Waals surface area contributed by atoms with Crippen LogP contribution in [0.15, 0.2) is 22.0 Å². The fourth-order valence-electron chi connectivity index (χ4n) is 4.35. The number of hydrogen-bond donors (Lipinski definition) is 3. The monoisotopic (exact) mass is 485 g/mol. The highest BCUT2D eigenvalue weighted by molar-refractivity contribution is 7.13. The van der Waals surface area contributed by atoms with Crippen molar-refractivity contribution in [3.63, 3.8) is 0 Å². The molecule has 34 heavy (non-hydrogen) atoms. The van der Waals surface area contributed by atoms with Crippen LogP contribution in [0.2, 0.25) is 0 Å². The summed E-state index contributed by atoms with van der Waals surface area (Å²) in [6.07, 6.45) is 2.35. The summed E-state index contributed by atoms with van der Waals surface area (Å²) in [6, 6.07) is 3.87. The van der Waals surface area contributed by atoms with E-state index in [0.29, 0.717) is 22.9 Å². The number of aromatic nitrogens is 2. The van der Waals surface area contributed by atoms with Crippen molar-refractivity contribution in [3.05, 3.63) is 39.8 Å². The second-order valence-electron chi connectivity index (χ2n) is 9.70. The van der Waals surface area contributed by atoms with Gasteiger partial charge in [-0.2, -0.15) is 4.98 Å². The van der Waals surface area contributed by atoms with E-state index in [1.807, 2.05) is 26.0 Å². The number of hydrogen-bond acceptors (Lipinski definition) is 8. The Balaban J connectivity index is 1.47. The van der Waals surface area contributed by atoms with Crippen molar-refractivity contribution in [1.82, 2.24) is 15.5 Å². The molecular weight excluding hydrogens is 454 g/mol. The first kappa shape index (κ1) is 24.4. The van der Waals surface area contributed by atoms with Crippen LogP contribution in [0, 0.1) is 19.3 Å². The smallest absolute Gasteiger partial charge is 0.268 e. The summed E-state index contributed by atoms with van der Waals surface area (Å²) in [7, 11) is 0. The van der Waals surface area contributed by atoms with E-state index in [0.717, 1.165) is 40.8 Å². The van der Waals surface area contributed by atoms with Crippen LogP contribution in [0.3, 0.4) is 0 Å². The van der Waals surface area contributed by atoms with Crippen molar-refractivity contribution < 1.29 is 24.3 Å². The second kappa shape index (κ2) is 9.85. The molecule has 182 valence electrons. The summed E-state index contributed by atoms with van der Waals surface area (Å²) < 4.78 is 11.5. The number of fused-ring (bicyclic) bond motifs is 1. The van der Waals surface area contributed by atoms with E-state index in [1.54, 1.807) is 11.3 Å². The lowest BCUT2D eigenvalue weighted by atomic mass is 9.75. The Labute approximate surface area is 203 Å². The largest absolute Gasteiger partial charge is 0.490 e. The topological polar surface area (TPSA) is 118 Å². The summed E-state index contributed by atoms with van der Waals surface area (Å²) in [5.74, 6) is 1.21. The molecule has 0 fully saturated rings. The number of thiophene rings is 1. The molecule has 2 aromatic heterocycles. The third-order valence-electron chi connectivity index (χ3n) is 6.14. The van der Waals surface area contributed by atoms with Crippen molar-refractivity contribution in [1.29, 1.82) is 0 Å². The zero-order valence-corrected chi connectivity index (χ0v) is 20.8. The van der Waals surface area contributed by atoms with E-state index in [9.17, 15) is 9.90 Å². The predicted molar refractivity (Wildman–Crippen MR) is 130 cm³/mol. The van der Waals surface area contributed by atoms with E-state index in [4.69, 9.17) is 19.4 Å². The molecule has 1 aliphatic rings. The third kappa shape index (κ3) is 5.32. The molecule has 4 rings (SSSR count). The van der Waals surface area contributed by atoms with Gasteiger partial charge in [0.15, 0.2) is 0 Å². The standard InChI is InChI=1S/C25H31N3O5S/c1-14-7-16(8-15(2)21(14)32-12-18(30)10-26-20(31)11-29)23-27-24(33-28-23)22-19-5-6-25(3,4)9-17(19)13-34-22/h7-8,13,18,29-30H,5-6,9-12H2,1-4H3,(H,26,31). The van der Waals surface area contributed by atoms with E-state index in [-0.39, 0.29) is 13.2 Å². The normalized spacial score (nSPS) is 15.6. The van der Waals surface area contributed by atoms with Crippen LogP contribution < -0.4 is 10.1 Å². The predicted octanol–water partition coefficient (Wildman–Crippen LogP) is 3.45. The maximum absolute atomic E-state index is 11.1. The zero-order valence-electron chi connectivity index (χ0n) is 20.0. The first-order chi connectivity index (χ1) is 16.2. The van der Waals surface area contributed by atoms with E-state index in [2.05, 4.69) is 29.7 Å². The molecule has 1 amide bonds. The zero-order chi connectivity index (χ0) is 24.5. The van der Waals surface area contributed by atoms with Gasteiger partial charge in [0.05, 0.1) is 4.88 Å². The molecule has 3 aromatic rings. The van der Waals surface area contributed by atoms with Gasteiger partial charge in [0.1, 0.15) is 25.1 Å². The van der Waals surface area contributed by atoms with Gasteiger partial charge in [-0.3, -0.25) is 4.79 Å². The number of rotatable bonds is 8. The summed E-state index contributed by atoms with van der Waals surface area (Å²) in [6.45, 7) is 7.87. The molecule has 0 radical (unpaired) electrons. The van der Waals surface area contributed by atoms with Gasteiger partial charge in [-0.25, -0.2) is 0 Å². The molecule has 0 aliphatic heterocycles. The lowest BCUT2D eigenvalue weighted by Gasteiger charge is -2.29. The first-order valence-electron chi connectivity index (χ1n) is 11.4. The lowest BCUT2D eigenvalue weighted by Crippen LogP contribution is -2.36. The van der Waals surface area contributed by atoms with Crippen LogP contribution in [-0.2, 0) is 17.6 Å². The van der Waals surface area contributed by atoms with Gasteiger partial charge in [-0.15, -0.1) is 11.3 Å². The van der Waals surface area contributed by atoms with Crippen molar-refractivity contribution >= 4 is 17.2 Å². The third-order valence-corrected chi connectivity index (χ3v) is 7.20. The fourth-order valence-corrected chi connectivity index (χ4v) is 5.40. The molecule has 0 saturated carbocycles. The van der Waals surface area contributed by atoms with Crippen molar-refractivity contribution in [2.45, 2.75) is 53.1 Å². The van der Waals surface area contributed by atoms with Gasteiger partial charge in [0.25, 0.3) is 5.89 Å². The minimum atomic E-state index is -0.893. The van der Waals surface area contributed by atoms with Crippen LogP contribution in [0.1, 0.15) is 42.5 Å². The van der Waals surface area contributed by atoms with Crippen LogP contribution in [0.5, 0.6) is 5.75 Å². The van der Waals surface area contributed by atoms with Crippen LogP contribution >= 0.6 is 11.3 Å². The van der Waals surface area contributed by atoms with Crippen LogP contribution in [-0.4, -0.2) is 52.1 Å². The Morgan fingerprint density at radius 2 is 2.06 bits per heavy atom. The quantitative estimate of drug-likeness (QED) is 0.447. The summed E-state index contributed by atoms with van der Waals surface area (Å²) in [5, 5.41) is 27.6. The Morgan fingerprint density at radius 1 is 1.32 bits per heavy atom. The van der Waals surface area contributed by atoms with Gasteiger partial charge in [0, 0.05) is 12.1 Å². The molecule has 0 saturated heterocycles. The molecule has 2 heterocycles. The van der Waals surface area contributed by atoms with Gasteiger partial charge in [-0.1, -0.05) is 19.0 Å². The van der Waals surface area contributed by atoms with Gasteiger partial charge < -0.3 is 24.8 Å². The first-order valence-corrected chi connectivity index (χ1v) is 12.3. The molecule has 9 heteroatoms. The number of ether oxygens (including phenoxy) is 1. The highest BCUT2D eigenvalue weighted by Gasteiger charge is 2.29. The number of aryl methyl sites for hydroxylation is 2. The summed E-state index contributed by atoms with van der Waals surface area (Å²) in [5.41, 5.74) is 5.65. The molecular formula is C25H31N3O5S. The molecule has 8 nitrogen and oxygen atoms in total. The van der Waals surface area contributed by atoms with Crippen molar-refractivity contribution in [2.75, 3.05) is 19.8 Å². The number of carbonyl (C=O) groups is 1. The number of amides is 1. The second-order valence-corrected chi connectivity index (χ2v) is 10.6. The highest BCUT2D eigenvalue weighted by atomic mass is 32.1. The average molecular weight is 486 g/mol. The number of nitrogens with zero attached hydrogens (tertiary/aromatic N) is 2. The van der Waals surface area contributed by atoms with Gasteiger partial charge >= 0.3 is 0 Å². The molecule has 1 aromatic carbocycles. The molecule has 1 atom stereocenters. The molecule has 0 spiro atoms. The number of benzene rings is 1.